The van der Waals surface area contributed by atoms with Crippen LogP contribution in [0.3, 0.4) is 0 Å². The van der Waals surface area contributed by atoms with Crippen LogP contribution < -0.4 is 4.72 Å². The Balaban J connectivity index is 2.13. The van der Waals surface area contributed by atoms with Crippen molar-refractivity contribution in [1.82, 2.24) is 4.98 Å². The van der Waals surface area contributed by atoms with Gasteiger partial charge in [-0.3, -0.25) is 9.71 Å². The average Bonchev–Trinajstić information content (AvgIpc) is 2.44. The maximum absolute atomic E-state index is 13.3. The summed E-state index contributed by atoms with van der Waals surface area (Å²) < 4.78 is 40.9. The minimum atomic E-state index is -3.99. The number of benzene rings is 2. The number of anilines is 1. The zero-order chi connectivity index (χ0) is 16.6. The first-order valence-corrected chi connectivity index (χ1v) is 8.21. The Morgan fingerprint density at radius 3 is 2.70 bits per heavy atom. The van der Waals surface area contributed by atoms with Gasteiger partial charge in [-0.05, 0) is 36.8 Å². The maximum Gasteiger partial charge on any atom is 0.264 e. The Kier molecular flexibility index (Phi) is 3.65. The van der Waals surface area contributed by atoms with Crippen molar-refractivity contribution in [3.63, 3.8) is 0 Å². The number of nitrogens with zero attached hydrogens (tertiary/aromatic N) is 1. The fourth-order valence-corrected chi connectivity index (χ4v) is 3.65. The van der Waals surface area contributed by atoms with Crippen LogP contribution in [0.4, 0.5) is 10.1 Å². The lowest BCUT2D eigenvalue weighted by molar-refractivity contribution is 0.469. The Labute approximate surface area is 132 Å². The predicted octanol–water partition coefficient (Wildman–Crippen LogP) is 3.19. The Morgan fingerprint density at radius 1 is 1.17 bits per heavy atom. The summed E-state index contributed by atoms with van der Waals surface area (Å²) >= 11 is 0. The van der Waals surface area contributed by atoms with E-state index in [1.165, 1.54) is 12.3 Å². The van der Waals surface area contributed by atoms with Crippen molar-refractivity contribution >= 4 is 26.6 Å². The summed E-state index contributed by atoms with van der Waals surface area (Å²) in [6.07, 6.45) is 1.50. The average molecular weight is 332 g/mol. The number of hydrogen-bond donors (Lipinski definition) is 2. The minimum absolute atomic E-state index is 0.00292. The van der Waals surface area contributed by atoms with Crippen molar-refractivity contribution < 1.29 is 17.9 Å². The van der Waals surface area contributed by atoms with Gasteiger partial charge in [0.15, 0.2) is 0 Å². The van der Waals surface area contributed by atoms with Crippen molar-refractivity contribution in [2.24, 2.45) is 0 Å². The molecule has 7 heteroatoms. The zero-order valence-corrected chi connectivity index (χ0v) is 12.9. The van der Waals surface area contributed by atoms with E-state index in [9.17, 15) is 17.9 Å². The molecule has 0 unspecified atom stereocenters. The van der Waals surface area contributed by atoms with E-state index in [0.717, 1.165) is 23.8 Å². The van der Waals surface area contributed by atoms with Crippen molar-refractivity contribution in [2.45, 2.75) is 11.8 Å². The molecule has 0 bridgehead atoms. The highest BCUT2D eigenvalue weighted by Gasteiger charge is 2.19. The molecule has 2 aromatic carbocycles. The number of aryl methyl sites for hydroxylation is 1. The third-order valence-corrected chi connectivity index (χ3v) is 4.63. The summed E-state index contributed by atoms with van der Waals surface area (Å²) in [4.78, 5) is 4.12. The van der Waals surface area contributed by atoms with Crippen LogP contribution in [0, 0.1) is 12.7 Å². The highest BCUT2D eigenvalue weighted by Crippen LogP contribution is 2.26. The van der Waals surface area contributed by atoms with E-state index in [1.807, 2.05) is 6.07 Å². The number of aromatic hydroxyl groups is 1. The van der Waals surface area contributed by atoms with E-state index < -0.39 is 15.8 Å². The third-order valence-electron chi connectivity index (χ3n) is 3.24. The van der Waals surface area contributed by atoms with Crippen molar-refractivity contribution in [3.05, 3.63) is 60.0 Å². The molecule has 1 heterocycles. The first-order chi connectivity index (χ1) is 10.8. The lowest BCUT2D eigenvalue weighted by Crippen LogP contribution is -2.14. The standard InChI is InChI=1S/C16H13FN2O3S/c1-10-5-11-3-2-4-18-16(11)15(6-10)23(21,22)19-13-7-12(17)8-14(20)9-13/h2-9,19-20H,1H3. The molecular weight excluding hydrogens is 319 g/mol. The third kappa shape index (κ3) is 3.09. The molecule has 5 nitrogen and oxygen atoms in total. The molecule has 0 atom stereocenters. The van der Waals surface area contributed by atoms with Gasteiger partial charge >= 0.3 is 0 Å². The van der Waals surface area contributed by atoms with Gasteiger partial charge in [-0.1, -0.05) is 6.07 Å². The first kappa shape index (κ1) is 15.2. The van der Waals surface area contributed by atoms with Crippen molar-refractivity contribution in [3.8, 4) is 5.75 Å². The second-order valence-electron chi connectivity index (χ2n) is 5.14. The largest absolute Gasteiger partial charge is 0.508 e. The first-order valence-electron chi connectivity index (χ1n) is 6.73. The van der Waals surface area contributed by atoms with E-state index >= 15 is 0 Å². The summed E-state index contributed by atoms with van der Waals surface area (Å²) in [6.45, 7) is 1.78. The van der Waals surface area contributed by atoms with E-state index in [1.54, 1.807) is 19.1 Å². The van der Waals surface area contributed by atoms with Gasteiger partial charge in [0.05, 0.1) is 11.2 Å². The molecular formula is C16H13FN2O3S. The number of hydrogen-bond acceptors (Lipinski definition) is 4. The molecule has 0 fully saturated rings. The van der Waals surface area contributed by atoms with Gasteiger partial charge in [0.25, 0.3) is 10.0 Å². The highest BCUT2D eigenvalue weighted by atomic mass is 32.2. The predicted molar refractivity (Wildman–Crippen MR) is 85.4 cm³/mol. The lowest BCUT2D eigenvalue weighted by atomic mass is 10.1. The van der Waals surface area contributed by atoms with E-state index in [-0.39, 0.29) is 16.3 Å². The fraction of sp³-hybridized carbons (Fsp3) is 0.0625. The number of aromatic nitrogens is 1. The summed E-state index contributed by atoms with van der Waals surface area (Å²) in [5, 5.41) is 10.1. The van der Waals surface area contributed by atoms with Crippen LogP contribution in [0.2, 0.25) is 0 Å². The second kappa shape index (κ2) is 5.51. The Morgan fingerprint density at radius 2 is 1.96 bits per heavy atom. The lowest BCUT2D eigenvalue weighted by Gasteiger charge is -2.11. The number of phenols is 1. The van der Waals surface area contributed by atoms with E-state index in [4.69, 9.17) is 0 Å². The second-order valence-corrected chi connectivity index (χ2v) is 6.79. The minimum Gasteiger partial charge on any atom is -0.508 e. The normalized spacial score (nSPS) is 11.6. The van der Waals surface area contributed by atoms with Gasteiger partial charge in [-0.15, -0.1) is 0 Å². The summed E-state index contributed by atoms with van der Waals surface area (Å²) in [5.41, 5.74) is 1.02. The summed E-state index contributed by atoms with van der Waals surface area (Å²) in [5.74, 6) is -1.11. The van der Waals surface area contributed by atoms with Crippen LogP contribution in [0.1, 0.15) is 5.56 Å². The van der Waals surface area contributed by atoms with E-state index in [0.29, 0.717) is 10.9 Å². The number of rotatable bonds is 3. The number of phenolic OH excluding ortho intramolecular Hbond substituents is 1. The molecule has 3 rings (SSSR count). The smallest absolute Gasteiger partial charge is 0.264 e. The number of fused-ring (bicyclic) bond motifs is 1. The summed E-state index contributed by atoms with van der Waals surface area (Å²) in [7, 11) is -3.99. The molecule has 0 aliphatic rings. The van der Waals surface area contributed by atoms with Crippen molar-refractivity contribution in [2.75, 3.05) is 4.72 Å². The van der Waals surface area contributed by atoms with E-state index in [2.05, 4.69) is 9.71 Å². The molecule has 0 aliphatic carbocycles. The molecule has 3 aromatic rings. The highest BCUT2D eigenvalue weighted by molar-refractivity contribution is 7.93. The molecule has 2 N–H and O–H groups in total. The number of halogens is 1. The van der Waals surface area contributed by atoms with Gasteiger partial charge in [-0.2, -0.15) is 0 Å². The van der Waals surface area contributed by atoms with Gasteiger partial charge in [0, 0.05) is 23.7 Å². The Bertz CT molecular complexity index is 983. The SMILES string of the molecule is Cc1cc(S(=O)(=O)Nc2cc(O)cc(F)c2)c2ncccc2c1. The van der Waals surface area contributed by atoms with Crippen LogP contribution >= 0.6 is 0 Å². The van der Waals surface area contributed by atoms with Gasteiger partial charge in [0.2, 0.25) is 0 Å². The molecule has 0 spiro atoms. The van der Waals surface area contributed by atoms with Crippen LogP contribution in [-0.4, -0.2) is 18.5 Å². The zero-order valence-electron chi connectivity index (χ0n) is 12.1. The molecule has 0 saturated carbocycles. The summed E-state index contributed by atoms with van der Waals surface area (Å²) in [6, 6.07) is 9.82. The monoisotopic (exact) mass is 332 g/mol. The fourth-order valence-electron chi connectivity index (χ4n) is 2.35. The number of sulfonamides is 1. The molecule has 0 amide bonds. The van der Waals surface area contributed by atoms with Crippen LogP contribution in [0.15, 0.2) is 53.6 Å². The van der Waals surface area contributed by atoms with Gasteiger partial charge in [-0.25, -0.2) is 12.8 Å². The topological polar surface area (TPSA) is 79.3 Å². The maximum atomic E-state index is 13.3. The molecule has 1 aromatic heterocycles. The Hall–Kier alpha value is -2.67. The molecule has 0 saturated heterocycles. The molecule has 23 heavy (non-hydrogen) atoms. The van der Waals surface area contributed by atoms with Gasteiger partial charge in [0.1, 0.15) is 16.5 Å². The number of pyridine rings is 1. The molecule has 0 aliphatic heterocycles. The molecule has 118 valence electrons. The molecule has 0 radical (unpaired) electrons. The van der Waals surface area contributed by atoms with Crippen LogP contribution in [0.5, 0.6) is 5.75 Å². The van der Waals surface area contributed by atoms with Crippen LogP contribution in [-0.2, 0) is 10.0 Å². The number of nitrogens with one attached hydrogen (secondary N) is 1. The quantitative estimate of drug-likeness (QED) is 0.772. The van der Waals surface area contributed by atoms with Gasteiger partial charge < -0.3 is 5.11 Å². The van der Waals surface area contributed by atoms with Crippen molar-refractivity contribution in [1.29, 1.82) is 0 Å². The van der Waals surface area contributed by atoms with Crippen LogP contribution in [0.25, 0.3) is 10.9 Å².